The molecule has 1 aromatic heterocycles. The zero-order chi connectivity index (χ0) is 17.0. The van der Waals surface area contributed by atoms with Crippen LogP contribution in [0.15, 0.2) is 12.1 Å². The Labute approximate surface area is 143 Å². The second kappa shape index (κ2) is 7.66. The molecule has 0 aliphatic rings. The highest BCUT2D eigenvalue weighted by molar-refractivity contribution is 7.17. The lowest BCUT2D eigenvalue weighted by Crippen LogP contribution is -2.00. The number of aryl methyl sites for hydroxylation is 1. The first kappa shape index (κ1) is 17.6. The molecule has 7 heteroatoms. The number of carboxylic acid groups (broad SMARTS) is 1. The minimum atomic E-state index is -0.983. The van der Waals surface area contributed by atoms with Gasteiger partial charge in [0.15, 0.2) is 11.5 Å². The SMILES string of the molecule is CCCCOc1c(Cl)cc(-c2nc(C)c(C(=O)O)s2)cc1OC. The zero-order valence-electron chi connectivity index (χ0n) is 13.2. The number of thiazole rings is 1. The summed E-state index contributed by atoms with van der Waals surface area (Å²) in [5, 5.41) is 10.1. The van der Waals surface area contributed by atoms with Crippen molar-refractivity contribution in [2.24, 2.45) is 0 Å². The van der Waals surface area contributed by atoms with Gasteiger partial charge in [-0.05, 0) is 25.5 Å². The van der Waals surface area contributed by atoms with Crippen LogP contribution in [0.4, 0.5) is 0 Å². The van der Waals surface area contributed by atoms with E-state index in [9.17, 15) is 4.79 Å². The predicted octanol–water partition coefficient (Wildman–Crippen LogP) is 4.66. The van der Waals surface area contributed by atoms with Gasteiger partial charge in [0, 0.05) is 5.56 Å². The fourth-order valence-electron chi connectivity index (χ4n) is 2.02. The predicted molar refractivity (Wildman–Crippen MR) is 91.2 cm³/mol. The van der Waals surface area contributed by atoms with Crippen LogP contribution >= 0.6 is 22.9 Å². The molecular formula is C16H18ClNO4S. The van der Waals surface area contributed by atoms with Gasteiger partial charge in [-0.1, -0.05) is 24.9 Å². The van der Waals surface area contributed by atoms with Gasteiger partial charge in [0.1, 0.15) is 9.88 Å². The molecule has 0 saturated heterocycles. The Morgan fingerprint density at radius 1 is 1.43 bits per heavy atom. The normalized spacial score (nSPS) is 10.6. The molecule has 1 aromatic carbocycles. The average Bonchev–Trinajstić information content (AvgIpc) is 2.90. The molecule has 0 amide bonds. The quantitative estimate of drug-likeness (QED) is 0.731. The van der Waals surface area contributed by atoms with Gasteiger partial charge < -0.3 is 14.6 Å². The molecule has 0 fully saturated rings. The molecule has 124 valence electrons. The highest BCUT2D eigenvalue weighted by Crippen LogP contribution is 2.40. The molecule has 0 bridgehead atoms. The van der Waals surface area contributed by atoms with Crippen molar-refractivity contribution in [3.8, 4) is 22.1 Å². The number of unbranched alkanes of at least 4 members (excludes halogenated alkanes) is 1. The fraction of sp³-hybridized carbons (Fsp3) is 0.375. The maximum absolute atomic E-state index is 11.2. The lowest BCUT2D eigenvalue weighted by molar-refractivity contribution is 0.0701. The molecule has 1 heterocycles. The summed E-state index contributed by atoms with van der Waals surface area (Å²) in [6.07, 6.45) is 1.95. The Balaban J connectivity index is 2.39. The van der Waals surface area contributed by atoms with E-state index >= 15 is 0 Å². The van der Waals surface area contributed by atoms with Crippen LogP contribution in [-0.4, -0.2) is 29.8 Å². The molecule has 0 aliphatic carbocycles. The Bertz CT molecular complexity index is 714. The largest absolute Gasteiger partial charge is 0.493 e. The van der Waals surface area contributed by atoms with E-state index in [0.29, 0.717) is 39.4 Å². The van der Waals surface area contributed by atoms with Crippen molar-refractivity contribution in [1.29, 1.82) is 0 Å². The van der Waals surface area contributed by atoms with Crippen molar-refractivity contribution in [1.82, 2.24) is 4.98 Å². The number of nitrogens with zero attached hydrogens (tertiary/aromatic N) is 1. The van der Waals surface area contributed by atoms with E-state index in [1.807, 2.05) is 0 Å². The number of hydrogen-bond donors (Lipinski definition) is 1. The topological polar surface area (TPSA) is 68.7 Å². The van der Waals surface area contributed by atoms with Crippen molar-refractivity contribution in [3.05, 3.63) is 27.7 Å². The monoisotopic (exact) mass is 355 g/mol. The second-order valence-corrected chi connectivity index (χ2v) is 6.34. The maximum atomic E-state index is 11.2. The van der Waals surface area contributed by atoms with Gasteiger partial charge in [-0.25, -0.2) is 9.78 Å². The standard InChI is InChI=1S/C16H18ClNO4S/c1-4-5-6-22-13-11(17)7-10(8-12(13)21-3)15-18-9(2)14(23-15)16(19)20/h7-8H,4-6H2,1-3H3,(H,19,20). The van der Waals surface area contributed by atoms with E-state index in [4.69, 9.17) is 26.2 Å². The third-order valence-electron chi connectivity index (χ3n) is 3.21. The fourth-order valence-corrected chi connectivity index (χ4v) is 3.18. The molecule has 2 aromatic rings. The number of aromatic nitrogens is 1. The molecule has 0 atom stereocenters. The number of benzene rings is 1. The minimum Gasteiger partial charge on any atom is -0.493 e. The molecule has 0 unspecified atom stereocenters. The van der Waals surface area contributed by atoms with Crippen LogP contribution < -0.4 is 9.47 Å². The molecular weight excluding hydrogens is 338 g/mol. The van der Waals surface area contributed by atoms with Gasteiger partial charge in [-0.3, -0.25) is 0 Å². The average molecular weight is 356 g/mol. The molecule has 0 radical (unpaired) electrons. The highest BCUT2D eigenvalue weighted by atomic mass is 35.5. The smallest absolute Gasteiger partial charge is 0.347 e. The van der Waals surface area contributed by atoms with Gasteiger partial charge in [-0.15, -0.1) is 11.3 Å². The van der Waals surface area contributed by atoms with Crippen LogP contribution in [0.3, 0.4) is 0 Å². The molecule has 0 aliphatic heterocycles. The summed E-state index contributed by atoms with van der Waals surface area (Å²) in [6, 6.07) is 3.48. The summed E-state index contributed by atoms with van der Waals surface area (Å²) < 4.78 is 11.0. The summed E-state index contributed by atoms with van der Waals surface area (Å²) in [5.74, 6) is 0.0234. The number of ether oxygens (including phenoxy) is 2. The number of methoxy groups -OCH3 is 1. The van der Waals surface area contributed by atoms with E-state index in [0.717, 1.165) is 24.2 Å². The maximum Gasteiger partial charge on any atom is 0.347 e. The van der Waals surface area contributed by atoms with Crippen LogP contribution in [0.2, 0.25) is 5.02 Å². The third-order valence-corrected chi connectivity index (χ3v) is 4.69. The van der Waals surface area contributed by atoms with Crippen molar-refractivity contribution >= 4 is 28.9 Å². The van der Waals surface area contributed by atoms with Gasteiger partial charge in [0.2, 0.25) is 0 Å². The van der Waals surface area contributed by atoms with Crippen molar-refractivity contribution in [2.75, 3.05) is 13.7 Å². The van der Waals surface area contributed by atoms with Crippen LogP contribution in [0.25, 0.3) is 10.6 Å². The number of hydrogen-bond acceptors (Lipinski definition) is 5. The lowest BCUT2D eigenvalue weighted by Gasteiger charge is -2.13. The summed E-state index contributed by atoms with van der Waals surface area (Å²) in [5.41, 5.74) is 1.19. The van der Waals surface area contributed by atoms with Crippen LogP contribution in [-0.2, 0) is 0 Å². The Hall–Kier alpha value is -1.79. The second-order valence-electron chi connectivity index (χ2n) is 4.93. The highest BCUT2D eigenvalue weighted by Gasteiger charge is 2.18. The number of rotatable bonds is 7. The third kappa shape index (κ3) is 3.95. The minimum absolute atomic E-state index is 0.221. The zero-order valence-corrected chi connectivity index (χ0v) is 14.8. The molecule has 0 spiro atoms. The number of carboxylic acids is 1. The Kier molecular flexibility index (Phi) is 5.85. The van der Waals surface area contributed by atoms with Crippen molar-refractivity contribution in [2.45, 2.75) is 26.7 Å². The lowest BCUT2D eigenvalue weighted by atomic mass is 10.2. The Morgan fingerprint density at radius 2 is 2.17 bits per heavy atom. The molecule has 0 saturated carbocycles. The molecule has 23 heavy (non-hydrogen) atoms. The summed E-state index contributed by atoms with van der Waals surface area (Å²) >= 11 is 7.42. The first-order valence-electron chi connectivity index (χ1n) is 7.19. The van der Waals surface area contributed by atoms with Gasteiger partial charge in [0.05, 0.1) is 24.4 Å². The first-order chi connectivity index (χ1) is 11.0. The summed E-state index contributed by atoms with van der Waals surface area (Å²) in [4.78, 5) is 15.7. The van der Waals surface area contributed by atoms with E-state index in [1.165, 1.54) is 7.11 Å². The van der Waals surface area contributed by atoms with Crippen molar-refractivity contribution < 1.29 is 19.4 Å². The van der Waals surface area contributed by atoms with Gasteiger partial charge >= 0.3 is 5.97 Å². The summed E-state index contributed by atoms with van der Waals surface area (Å²) in [6.45, 7) is 4.31. The van der Waals surface area contributed by atoms with E-state index < -0.39 is 5.97 Å². The number of aromatic carboxylic acids is 1. The summed E-state index contributed by atoms with van der Waals surface area (Å²) in [7, 11) is 1.54. The van der Waals surface area contributed by atoms with Crippen molar-refractivity contribution in [3.63, 3.8) is 0 Å². The molecule has 1 N–H and O–H groups in total. The van der Waals surface area contributed by atoms with E-state index in [1.54, 1.807) is 19.1 Å². The van der Waals surface area contributed by atoms with Crippen LogP contribution in [0, 0.1) is 6.92 Å². The molecule has 5 nitrogen and oxygen atoms in total. The first-order valence-corrected chi connectivity index (χ1v) is 8.38. The van der Waals surface area contributed by atoms with E-state index in [2.05, 4.69) is 11.9 Å². The molecule has 2 rings (SSSR count). The van der Waals surface area contributed by atoms with E-state index in [-0.39, 0.29) is 4.88 Å². The van der Waals surface area contributed by atoms with Gasteiger partial charge in [-0.2, -0.15) is 0 Å². The van der Waals surface area contributed by atoms with Crippen LogP contribution in [0.1, 0.15) is 35.1 Å². The van der Waals surface area contributed by atoms with Gasteiger partial charge in [0.25, 0.3) is 0 Å². The number of halogens is 1. The number of carbonyl (C=O) groups is 1. The Morgan fingerprint density at radius 3 is 2.74 bits per heavy atom. The van der Waals surface area contributed by atoms with Crippen LogP contribution in [0.5, 0.6) is 11.5 Å².